The van der Waals surface area contributed by atoms with E-state index in [9.17, 15) is 4.79 Å². The van der Waals surface area contributed by atoms with Gasteiger partial charge in [-0.25, -0.2) is 0 Å². The number of benzene rings is 1. The smallest absolute Gasteiger partial charge is 0.169 e. The van der Waals surface area contributed by atoms with Crippen molar-refractivity contribution in [3.63, 3.8) is 0 Å². The summed E-state index contributed by atoms with van der Waals surface area (Å²) in [6.45, 7) is 0. The Labute approximate surface area is 110 Å². The molecule has 0 amide bonds. The lowest BCUT2D eigenvalue weighted by atomic mass is 9.83. The fourth-order valence-electron chi connectivity index (χ4n) is 2.46. The molecule has 3 heteroatoms. The van der Waals surface area contributed by atoms with Crippen LogP contribution in [0.1, 0.15) is 42.5 Å². The summed E-state index contributed by atoms with van der Waals surface area (Å²) >= 11 is 3.41. The molecule has 17 heavy (non-hydrogen) atoms. The first kappa shape index (κ1) is 12.6. The molecule has 0 atom stereocenters. The second kappa shape index (κ2) is 5.67. The lowest BCUT2D eigenvalue weighted by molar-refractivity contribution is 0.0886. The minimum atomic E-state index is 0.187. The van der Waals surface area contributed by atoms with Gasteiger partial charge in [0, 0.05) is 10.4 Å². The van der Waals surface area contributed by atoms with E-state index in [1.807, 2.05) is 18.2 Å². The van der Waals surface area contributed by atoms with Gasteiger partial charge in [-0.05, 0) is 31.0 Å². The molecule has 0 heterocycles. The molecule has 92 valence electrons. The van der Waals surface area contributed by atoms with Gasteiger partial charge < -0.3 is 4.74 Å². The summed E-state index contributed by atoms with van der Waals surface area (Å²) in [4.78, 5) is 12.4. The molecule has 0 bridgehead atoms. The maximum atomic E-state index is 12.4. The molecule has 1 saturated carbocycles. The van der Waals surface area contributed by atoms with E-state index in [-0.39, 0.29) is 11.7 Å². The van der Waals surface area contributed by atoms with Crippen LogP contribution in [0.4, 0.5) is 0 Å². The fraction of sp³-hybridized carbons (Fsp3) is 0.500. The van der Waals surface area contributed by atoms with Crippen molar-refractivity contribution in [1.82, 2.24) is 0 Å². The van der Waals surface area contributed by atoms with Crippen molar-refractivity contribution in [2.75, 3.05) is 7.11 Å². The van der Waals surface area contributed by atoms with Crippen LogP contribution in [0.5, 0.6) is 5.75 Å². The number of hydrogen-bond donors (Lipinski definition) is 0. The van der Waals surface area contributed by atoms with E-state index in [4.69, 9.17) is 4.74 Å². The molecule has 0 N–H and O–H groups in total. The fourth-order valence-corrected chi connectivity index (χ4v) is 2.82. The van der Waals surface area contributed by atoms with Crippen molar-refractivity contribution >= 4 is 21.7 Å². The second-order valence-corrected chi connectivity index (χ2v) is 5.46. The van der Waals surface area contributed by atoms with Crippen LogP contribution >= 0.6 is 15.9 Å². The van der Waals surface area contributed by atoms with Gasteiger partial charge in [0.05, 0.1) is 12.7 Å². The Balaban J connectivity index is 2.25. The number of ether oxygens (including phenoxy) is 1. The van der Waals surface area contributed by atoms with Gasteiger partial charge in [-0.15, -0.1) is 0 Å². The highest BCUT2D eigenvalue weighted by Gasteiger charge is 2.24. The van der Waals surface area contributed by atoms with Crippen molar-refractivity contribution in [2.45, 2.75) is 32.1 Å². The number of hydrogen-bond acceptors (Lipinski definition) is 2. The first-order valence-electron chi connectivity index (χ1n) is 6.10. The Hall–Kier alpha value is -0.830. The highest BCUT2D eigenvalue weighted by molar-refractivity contribution is 9.10. The van der Waals surface area contributed by atoms with Gasteiger partial charge in [0.2, 0.25) is 0 Å². The van der Waals surface area contributed by atoms with Crippen LogP contribution in [-0.4, -0.2) is 12.9 Å². The Morgan fingerprint density at radius 2 is 2.00 bits per heavy atom. The van der Waals surface area contributed by atoms with Gasteiger partial charge in [-0.2, -0.15) is 0 Å². The predicted octanol–water partition coefficient (Wildman–Crippen LogP) is 4.22. The number of carbonyl (C=O) groups is 1. The van der Waals surface area contributed by atoms with Crippen LogP contribution in [0, 0.1) is 5.92 Å². The maximum Gasteiger partial charge on any atom is 0.169 e. The normalized spacial score (nSPS) is 16.8. The highest BCUT2D eigenvalue weighted by Crippen LogP contribution is 2.31. The average molecular weight is 297 g/mol. The van der Waals surface area contributed by atoms with Gasteiger partial charge >= 0.3 is 0 Å². The maximum absolute atomic E-state index is 12.4. The van der Waals surface area contributed by atoms with Gasteiger partial charge in [0.25, 0.3) is 0 Å². The quantitative estimate of drug-likeness (QED) is 0.781. The molecule has 1 aromatic carbocycles. The first-order chi connectivity index (χ1) is 8.22. The topological polar surface area (TPSA) is 26.3 Å². The second-order valence-electron chi connectivity index (χ2n) is 4.54. The van der Waals surface area contributed by atoms with E-state index in [1.54, 1.807) is 7.11 Å². The standard InChI is InChI=1S/C14H17BrO2/c1-17-13-8-7-11(15)9-12(13)14(16)10-5-3-2-4-6-10/h7-10H,2-6H2,1H3. The number of ketones is 1. The molecule has 0 saturated heterocycles. The number of rotatable bonds is 3. The third-order valence-corrected chi connectivity index (χ3v) is 3.90. The molecule has 0 aliphatic heterocycles. The van der Waals surface area contributed by atoms with Crippen LogP contribution in [0.25, 0.3) is 0 Å². The molecule has 0 unspecified atom stereocenters. The first-order valence-corrected chi connectivity index (χ1v) is 6.89. The molecule has 0 radical (unpaired) electrons. The van der Waals surface area contributed by atoms with Gasteiger partial charge in [0.15, 0.2) is 5.78 Å². The number of methoxy groups -OCH3 is 1. The number of Topliss-reactive ketones (excluding diaryl/α,β-unsaturated/α-hetero) is 1. The Bertz CT molecular complexity index is 409. The third kappa shape index (κ3) is 2.89. The van der Waals surface area contributed by atoms with Crippen LogP contribution in [0.15, 0.2) is 22.7 Å². The molecule has 2 rings (SSSR count). The van der Waals surface area contributed by atoms with Crippen LogP contribution in [-0.2, 0) is 0 Å². The monoisotopic (exact) mass is 296 g/mol. The van der Waals surface area contributed by atoms with Crippen LogP contribution in [0.2, 0.25) is 0 Å². The van der Waals surface area contributed by atoms with Crippen LogP contribution < -0.4 is 4.74 Å². The minimum absolute atomic E-state index is 0.187. The van der Waals surface area contributed by atoms with E-state index in [1.165, 1.54) is 19.3 Å². The molecule has 2 nitrogen and oxygen atoms in total. The summed E-state index contributed by atoms with van der Waals surface area (Å²) in [6, 6.07) is 5.62. The summed E-state index contributed by atoms with van der Waals surface area (Å²) in [5.74, 6) is 1.11. The summed E-state index contributed by atoms with van der Waals surface area (Å²) < 4.78 is 6.20. The Morgan fingerprint density at radius 1 is 1.29 bits per heavy atom. The minimum Gasteiger partial charge on any atom is -0.496 e. The molecule has 1 aromatic rings. The largest absolute Gasteiger partial charge is 0.496 e. The molecule has 0 spiro atoms. The molecule has 1 aliphatic carbocycles. The molecule has 1 fully saturated rings. The summed E-state index contributed by atoms with van der Waals surface area (Å²) in [5, 5.41) is 0. The number of halogens is 1. The van der Waals surface area contributed by atoms with E-state index in [0.717, 1.165) is 17.3 Å². The van der Waals surface area contributed by atoms with Gasteiger partial charge in [-0.1, -0.05) is 35.2 Å². The zero-order chi connectivity index (χ0) is 12.3. The molecule has 1 aliphatic rings. The van der Waals surface area contributed by atoms with Crippen molar-refractivity contribution in [3.05, 3.63) is 28.2 Å². The molecule has 0 aromatic heterocycles. The Kier molecular flexibility index (Phi) is 4.21. The van der Waals surface area contributed by atoms with Crippen molar-refractivity contribution in [1.29, 1.82) is 0 Å². The van der Waals surface area contributed by atoms with Crippen molar-refractivity contribution < 1.29 is 9.53 Å². The van der Waals surface area contributed by atoms with E-state index in [2.05, 4.69) is 15.9 Å². The lowest BCUT2D eigenvalue weighted by Crippen LogP contribution is -2.18. The summed E-state index contributed by atoms with van der Waals surface area (Å²) in [5.41, 5.74) is 0.716. The highest BCUT2D eigenvalue weighted by atomic mass is 79.9. The lowest BCUT2D eigenvalue weighted by Gasteiger charge is -2.21. The summed E-state index contributed by atoms with van der Waals surface area (Å²) in [6.07, 6.45) is 5.65. The van der Waals surface area contributed by atoms with Gasteiger partial charge in [0.1, 0.15) is 5.75 Å². The SMILES string of the molecule is COc1ccc(Br)cc1C(=O)C1CCCCC1. The zero-order valence-corrected chi connectivity index (χ0v) is 11.6. The van der Waals surface area contributed by atoms with Gasteiger partial charge in [-0.3, -0.25) is 4.79 Å². The molecular weight excluding hydrogens is 280 g/mol. The van der Waals surface area contributed by atoms with Crippen LogP contribution in [0.3, 0.4) is 0 Å². The number of carbonyl (C=O) groups excluding carboxylic acids is 1. The van der Waals surface area contributed by atoms with E-state index < -0.39 is 0 Å². The summed E-state index contributed by atoms with van der Waals surface area (Å²) in [7, 11) is 1.61. The van der Waals surface area contributed by atoms with E-state index in [0.29, 0.717) is 11.3 Å². The molecular formula is C14H17BrO2. The van der Waals surface area contributed by atoms with E-state index >= 15 is 0 Å². The predicted molar refractivity (Wildman–Crippen MR) is 71.6 cm³/mol. The zero-order valence-electron chi connectivity index (χ0n) is 10.0. The van der Waals surface area contributed by atoms with Crippen molar-refractivity contribution in [2.24, 2.45) is 5.92 Å². The van der Waals surface area contributed by atoms with Crippen molar-refractivity contribution in [3.8, 4) is 5.75 Å². The average Bonchev–Trinajstić information content (AvgIpc) is 2.39. The third-order valence-electron chi connectivity index (χ3n) is 3.40. The Morgan fingerprint density at radius 3 is 2.65 bits per heavy atom.